The maximum absolute atomic E-state index is 14.2. The van der Waals surface area contributed by atoms with E-state index in [1.165, 1.54) is 0 Å². The average Bonchev–Trinajstić information content (AvgIpc) is 1.57. The van der Waals surface area contributed by atoms with E-state index in [4.69, 9.17) is 18.3 Å². The standard InChI is InChI=1S/C49H56N8O4.C34H34N4O5/c1-5-54(6-2)43(34-17-11-9-12-18-34)48(59)56-29-15-21-41(56)45(58)50-38-27-28-39-37(31-38)32-40(51-39)33-23-25-36(26-24-33)46-52-53-47(61-46)42-22-16-30-57(42)49(60)44(55(7-3)8-4)35-19-13-10-14-20-35;1-22-12-17-27-26(19-22)20-29(38(27)33(40)43-34(2,3)4)24-13-15-25(16-14-24)30-35-36-31(42-30)28-11-8-18-37(28)32(39)41-21-23-9-6-5-7-10-23/h9-14,17-20,23-28,31-32,41-44,51H,5-8,15-16,21-22,29-30H2,1-4H3,(H,50,58);5-7,9-10,12-17,19-20,28H,8,11,18,21H2,1-4H3/t41-,42-,43+,44?;28-/m01/s1. The van der Waals surface area contributed by atoms with Crippen molar-refractivity contribution in [3.05, 3.63) is 222 Å². The van der Waals surface area contributed by atoms with Gasteiger partial charge in [0.15, 0.2) is 0 Å². The van der Waals surface area contributed by atoms with Gasteiger partial charge < -0.3 is 38.4 Å². The lowest BCUT2D eigenvalue weighted by molar-refractivity contribution is -0.141. The monoisotopic (exact) mass is 1400 g/mol. The number of ether oxygens (including phenoxy) is 2. The van der Waals surface area contributed by atoms with Crippen LogP contribution < -0.4 is 5.32 Å². The normalized spacial score (nSPS) is 16.6. The number of likely N-dealkylation sites (N-methyl/N-ethyl adjacent to an activating group) is 2. The van der Waals surface area contributed by atoms with E-state index in [9.17, 15) is 24.0 Å². The number of rotatable bonds is 20. The van der Waals surface area contributed by atoms with Crippen molar-refractivity contribution in [2.75, 3.05) is 51.1 Å². The van der Waals surface area contributed by atoms with Crippen LogP contribution in [0.5, 0.6) is 0 Å². The molecule has 536 valence electrons. The van der Waals surface area contributed by atoms with E-state index in [0.29, 0.717) is 55.3 Å². The number of carbonyl (C=O) groups is 5. The quantitative estimate of drug-likeness (QED) is 0.0723. The third-order valence-corrected chi connectivity index (χ3v) is 19.9. The van der Waals surface area contributed by atoms with Crippen molar-refractivity contribution in [1.82, 2.24) is 54.4 Å². The summed E-state index contributed by atoms with van der Waals surface area (Å²) in [5, 5.41) is 22.5. The first-order valence-electron chi connectivity index (χ1n) is 36.3. The first kappa shape index (κ1) is 71.4. The van der Waals surface area contributed by atoms with E-state index in [0.717, 1.165) is 136 Å². The number of H-pyrrole nitrogens is 1. The van der Waals surface area contributed by atoms with E-state index in [-0.39, 0.29) is 42.5 Å². The number of aryl methyl sites for hydroxylation is 1. The predicted molar refractivity (Wildman–Crippen MR) is 401 cm³/mol. The lowest BCUT2D eigenvalue weighted by atomic mass is 10.0. The second-order valence-electron chi connectivity index (χ2n) is 27.8. The Balaban J connectivity index is 0.000000196. The number of nitrogens with one attached hydrogen (secondary N) is 2. The molecule has 0 saturated carbocycles. The van der Waals surface area contributed by atoms with Crippen molar-refractivity contribution < 1.29 is 42.3 Å². The minimum absolute atomic E-state index is 0.0283. The summed E-state index contributed by atoms with van der Waals surface area (Å²) >= 11 is 0. The van der Waals surface area contributed by atoms with Crippen LogP contribution in [0.15, 0.2) is 197 Å². The van der Waals surface area contributed by atoms with E-state index in [1.807, 2.05) is 209 Å². The Morgan fingerprint density at radius 1 is 0.548 bits per heavy atom. The molecule has 3 saturated heterocycles. The highest BCUT2D eigenvalue weighted by Gasteiger charge is 2.42. The third kappa shape index (κ3) is 15.6. The predicted octanol–water partition coefficient (Wildman–Crippen LogP) is 16.6. The summed E-state index contributed by atoms with van der Waals surface area (Å²) in [6, 6.07) is 58.9. The van der Waals surface area contributed by atoms with Crippen molar-refractivity contribution in [3.8, 4) is 45.4 Å². The van der Waals surface area contributed by atoms with E-state index in [1.54, 1.807) is 14.4 Å². The fraction of sp³-hybridized carbons (Fsp3) is 0.337. The van der Waals surface area contributed by atoms with Crippen LogP contribution in [0.2, 0.25) is 0 Å². The van der Waals surface area contributed by atoms with Crippen LogP contribution in [-0.4, -0.2) is 142 Å². The lowest BCUT2D eigenvalue weighted by Gasteiger charge is -2.34. The summed E-state index contributed by atoms with van der Waals surface area (Å²) in [4.78, 5) is 81.5. The van der Waals surface area contributed by atoms with Crippen LogP contribution in [0.25, 0.3) is 67.2 Å². The molecule has 1 unspecified atom stereocenters. The topological polar surface area (TPSA) is 231 Å². The second kappa shape index (κ2) is 31.7. The van der Waals surface area contributed by atoms with Gasteiger partial charge in [0.05, 0.1) is 11.2 Å². The first-order chi connectivity index (χ1) is 50.5. The molecule has 21 heteroatoms. The van der Waals surface area contributed by atoms with Gasteiger partial charge in [0.1, 0.15) is 42.4 Å². The summed E-state index contributed by atoms with van der Waals surface area (Å²) in [7, 11) is 0. The summed E-state index contributed by atoms with van der Waals surface area (Å²) in [6.45, 7) is 20.8. The highest BCUT2D eigenvalue weighted by molar-refractivity contribution is 6.01. The summed E-state index contributed by atoms with van der Waals surface area (Å²) < 4.78 is 25.3. The molecule has 3 aliphatic rings. The number of carbonyl (C=O) groups excluding carboxylic acids is 5. The SMILES string of the molecule is CCN(CC)C(C(=O)N1CCC[C@H]1c1nnc(-c2ccc(-c3cc4cc(NC(=O)[C@@H]5CCCN5C(=O)[C@@H](c5ccccc5)N(CC)CC)ccc4[nH]3)cc2)o1)c1ccccc1.Cc1ccc2c(c1)cc(-c1ccc(-c3nnc([C@H]4CCCN4C(=O)OCc4ccccc4)o3)cc1)n2C(=O)OC(C)(C)C. The number of anilines is 1. The van der Waals surface area contributed by atoms with Crippen molar-refractivity contribution >= 4 is 57.4 Å². The van der Waals surface area contributed by atoms with Crippen molar-refractivity contribution in [2.24, 2.45) is 0 Å². The molecule has 7 aromatic carbocycles. The van der Waals surface area contributed by atoms with E-state index < -0.39 is 29.9 Å². The minimum Gasteiger partial charge on any atom is -0.445 e. The highest BCUT2D eigenvalue weighted by Crippen LogP contribution is 2.40. The van der Waals surface area contributed by atoms with Gasteiger partial charge in [-0.2, -0.15) is 0 Å². The number of benzene rings is 7. The van der Waals surface area contributed by atoms with Crippen LogP contribution in [0, 0.1) is 6.92 Å². The molecule has 2 N–H and O–H groups in total. The van der Waals surface area contributed by atoms with Gasteiger partial charge in [-0.1, -0.05) is 155 Å². The molecule has 104 heavy (non-hydrogen) atoms. The molecular formula is C83H90N12O9. The maximum atomic E-state index is 14.2. The second-order valence-corrected chi connectivity index (χ2v) is 27.8. The van der Waals surface area contributed by atoms with Gasteiger partial charge in [0.2, 0.25) is 41.3 Å². The smallest absolute Gasteiger partial charge is 0.419 e. The summed E-state index contributed by atoms with van der Waals surface area (Å²) in [5.74, 6) is 1.47. The molecule has 21 nitrogen and oxygen atoms in total. The van der Waals surface area contributed by atoms with Crippen LogP contribution in [0.4, 0.5) is 15.3 Å². The van der Waals surface area contributed by atoms with Crippen LogP contribution >= 0.6 is 0 Å². The number of hydrogen-bond acceptors (Lipinski definition) is 15. The molecule has 5 atom stereocenters. The molecule has 0 radical (unpaired) electrons. The minimum atomic E-state index is -0.636. The van der Waals surface area contributed by atoms with Crippen LogP contribution in [0.3, 0.4) is 0 Å². The fourth-order valence-electron chi connectivity index (χ4n) is 14.6. The Morgan fingerprint density at radius 3 is 1.64 bits per heavy atom. The van der Waals surface area contributed by atoms with Crippen molar-refractivity contribution in [3.63, 3.8) is 0 Å². The molecule has 7 heterocycles. The molecule has 0 bridgehead atoms. The van der Waals surface area contributed by atoms with Gasteiger partial charge in [-0.3, -0.25) is 29.1 Å². The number of nitrogens with zero attached hydrogens (tertiary/aromatic N) is 10. The Bertz CT molecular complexity index is 4790. The first-order valence-corrected chi connectivity index (χ1v) is 36.3. The molecule has 0 spiro atoms. The number of amides is 4. The zero-order valence-electron chi connectivity index (χ0n) is 60.3. The molecule has 11 aromatic rings. The van der Waals surface area contributed by atoms with Gasteiger partial charge in [0, 0.05) is 58.4 Å². The van der Waals surface area contributed by atoms with Gasteiger partial charge in [0.25, 0.3) is 0 Å². The third-order valence-electron chi connectivity index (χ3n) is 19.9. The highest BCUT2D eigenvalue weighted by atomic mass is 16.6. The molecule has 0 aliphatic carbocycles. The Morgan fingerprint density at radius 2 is 1.07 bits per heavy atom. The molecule has 4 aromatic heterocycles. The summed E-state index contributed by atoms with van der Waals surface area (Å²) in [5.41, 5.74) is 10.7. The molecule has 4 amide bonds. The zero-order chi connectivity index (χ0) is 72.6. The van der Waals surface area contributed by atoms with Crippen LogP contribution in [-0.2, 0) is 30.5 Å². The number of hydrogen-bond donors (Lipinski definition) is 2. The largest absolute Gasteiger partial charge is 0.445 e. The zero-order valence-corrected chi connectivity index (χ0v) is 60.3. The maximum Gasteiger partial charge on any atom is 0.419 e. The van der Waals surface area contributed by atoms with Crippen molar-refractivity contribution in [2.45, 2.75) is 136 Å². The summed E-state index contributed by atoms with van der Waals surface area (Å²) in [6.07, 6.45) is 3.75. The van der Waals surface area contributed by atoms with E-state index in [2.05, 4.69) is 80.3 Å². The Kier molecular flexibility index (Phi) is 21.7. The lowest BCUT2D eigenvalue weighted by Crippen LogP contribution is -2.48. The molecular weight excluding hydrogens is 1310 g/mol. The van der Waals surface area contributed by atoms with Gasteiger partial charge in [-0.05, 0) is 187 Å². The number of aromatic nitrogens is 6. The average molecular weight is 1400 g/mol. The van der Waals surface area contributed by atoms with Crippen molar-refractivity contribution in [1.29, 1.82) is 0 Å². The van der Waals surface area contributed by atoms with E-state index >= 15 is 0 Å². The van der Waals surface area contributed by atoms with Crippen LogP contribution in [0.1, 0.15) is 145 Å². The fourth-order valence-corrected chi connectivity index (χ4v) is 14.6. The molecule has 14 rings (SSSR count). The Hall–Kier alpha value is -11.0. The Labute approximate surface area is 606 Å². The molecule has 3 fully saturated rings. The number of likely N-dealkylation sites (tertiary alicyclic amines) is 3. The van der Waals surface area contributed by atoms with Gasteiger partial charge in [-0.25, -0.2) is 14.2 Å². The van der Waals surface area contributed by atoms with Gasteiger partial charge >= 0.3 is 12.2 Å². The van der Waals surface area contributed by atoms with Gasteiger partial charge in [-0.15, -0.1) is 20.4 Å². The number of fused-ring (bicyclic) bond motifs is 2. The molecule has 3 aliphatic heterocycles. The number of aromatic amines is 1.